The van der Waals surface area contributed by atoms with E-state index in [1.807, 2.05) is 13.8 Å². The molecule has 0 aliphatic heterocycles. The van der Waals surface area contributed by atoms with Gasteiger partial charge in [0.15, 0.2) is 0 Å². The maximum absolute atomic E-state index is 12.7. The van der Waals surface area contributed by atoms with E-state index in [9.17, 15) is 9.59 Å². The van der Waals surface area contributed by atoms with Crippen LogP contribution in [0, 0.1) is 32.6 Å². The Balaban J connectivity index is 1.82. The number of rotatable bonds is 7. The fourth-order valence-corrected chi connectivity index (χ4v) is 3.79. The molecule has 5 heteroatoms. The maximum Gasteiger partial charge on any atom is 0.227 e. The molecule has 1 saturated carbocycles. The summed E-state index contributed by atoms with van der Waals surface area (Å²) in [4.78, 5) is 24.8. The van der Waals surface area contributed by atoms with Gasteiger partial charge in [-0.2, -0.15) is 0 Å². The molecule has 5 nitrogen and oxygen atoms in total. The number of anilines is 1. The van der Waals surface area contributed by atoms with Crippen molar-refractivity contribution < 1.29 is 14.3 Å². The number of ether oxygens (including phenoxy) is 1. The Labute approximate surface area is 156 Å². The Morgan fingerprint density at radius 1 is 1.00 bits per heavy atom. The lowest BCUT2D eigenvalue weighted by Crippen LogP contribution is -2.36. The van der Waals surface area contributed by atoms with Crippen LogP contribution in [0.4, 0.5) is 5.69 Å². The summed E-state index contributed by atoms with van der Waals surface area (Å²) >= 11 is 0. The van der Waals surface area contributed by atoms with Crippen molar-refractivity contribution >= 4 is 17.5 Å². The molecule has 1 aliphatic carbocycles. The van der Waals surface area contributed by atoms with E-state index < -0.39 is 0 Å². The molecule has 0 atom stereocenters. The number of methoxy groups -OCH3 is 1. The van der Waals surface area contributed by atoms with Crippen molar-refractivity contribution in [2.45, 2.75) is 52.9 Å². The van der Waals surface area contributed by atoms with Crippen LogP contribution in [0.5, 0.6) is 0 Å². The van der Waals surface area contributed by atoms with Gasteiger partial charge in [-0.15, -0.1) is 0 Å². The van der Waals surface area contributed by atoms with E-state index in [0.717, 1.165) is 48.9 Å². The predicted molar refractivity (Wildman–Crippen MR) is 104 cm³/mol. The fraction of sp³-hybridized carbons (Fsp3) is 0.619. The second kappa shape index (κ2) is 9.72. The minimum atomic E-state index is -0.00681. The summed E-state index contributed by atoms with van der Waals surface area (Å²) < 4.78 is 4.99. The van der Waals surface area contributed by atoms with Crippen molar-refractivity contribution in [2.24, 2.45) is 11.8 Å². The van der Waals surface area contributed by atoms with Crippen molar-refractivity contribution in [3.8, 4) is 0 Å². The molecule has 0 saturated heterocycles. The summed E-state index contributed by atoms with van der Waals surface area (Å²) in [6, 6.07) is 4.18. The first-order valence-electron chi connectivity index (χ1n) is 9.57. The number of carbonyl (C=O) groups is 2. The molecule has 2 rings (SSSR count). The molecule has 1 aliphatic rings. The van der Waals surface area contributed by atoms with Crippen molar-refractivity contribution in [3.63, 3.8) is 0 Å². The van der Waals surface area contributed by atoms with Crippen LogP contribution >= 0.6 is 0 Å². The number of carbonyl (C=O) groups excluding carboxylic acids is 2. The number of hydrogen-bond acceptors (Lipinski definition) is 3. The predicted octanol–water partition coefficient (Wildman–Crippen LogP) is 3.51. The standard InChI is InChI=1S/C21H32N2O3/c1-14-12-15(2)19(16(3)13-14)23-21(25)18-8-6-17(7-9-18)20(24)22-10-5-11-26-4/h12-13,17-18H,5-11H2,1-4H3,(H,22,24)(H,23,25). The molecular formula is C21H32N2O3. The molecule has 144 valence electrons. The van der Waals surface area contributed by atoms with Gasteiger partial charge in [0.1, 0.15) is 0 Å². The molecule has 2 N–H and O–H groups in total. The van der Waals surface area contributed by atoms with E-state index >= 15 is 0 Å². The van der Waals surface area contributed by atoms with Crippen molar-refractivity contribution in [2.75, 3.05) is 25.6 Å². The van der Waals surface area contributed by atoms with E-state index in [0.29, 0.717) is 13.2 Å². The van der Waals surface area contributed by atoms with Gasteiger partial charge in [0.25, 0.3) is 0 Å². The third kappa shape index (κ3) is 5.56. The largest absolute Gasteiger partial charge is 0.385 e. The summed E-state index contributed by atoms with van der Waals surface area (Å²) in [7, 11) is 1.66. The molecule has 1 fully saturated rings. The topological polar surface area (TPSA) is 67.4 Å². The maximum atomic E-state index is 12.7. The van der Waals surface area contributed by atoms with Crippen LogP contribution in [-0.2, 0) is 14.3 Å². The van der Waals surface area contributed by atoms with E-state index in [1.54, 1.807) is 7.11 Å². The molecule has 0 heterocycles. The van der Waals surface area contributed by atoms with Gasteiger partial charge in [-0.25, -0.2) is 0 Å². The average Bonchev–Trinajstić information content (AvgIpc) is 2.61. The quantitative estimate of drug-likeness (QED) is 0.731. The smallest absolute Gasteiger partial charge is 0.227 e. The highest BCUT2D eigenvalue weighted by Crippen LogP contribution is 2.31. The molecule has 0 spiro atoms. The van der Waals surface area contributed by atoms with Gasteiger partial charge in [-0.05, 0) is 64.0 Å². The van der Waals surface area contributed by atoms with Gasteiger partial charge in [-0.1, -0.05) is 17.7 Å². The molecule has 2 amide bonds. The summed E-state index contributed by atoms with van der Waals surface area (Å²) in [6.07, 6.45) is 3.92. The number of nitrogens with one attached hydrogen (secondary N) is 2. The third-order valence-electron chi connectivity index (χ3n) is 5.22. The second-order valence-electron chi connectivity index (χ2n) is 7.45. The highest BCUT2D eigenvalue weighted by molar-refractivity contribution is 5.94. The van der Waals surface area contributed by atoms with E-state index in [4.69, 9.17) is 4.74 Å². The molecular weight excluding hydrogens is 328 g/mol. The van der Waals surface area contributed by atoms with Crippen LogP contribution in [-0.4, -0.2) is 32.1 Å². The van der Waals surface area contributed by atoms with Crippen LogP contribution in [0.3, 0.4) is 0 Å². The number of hydrogen-bond donors (Lipinski definition) is 2. The van der Waals surface area contributed by atoms with Gasteiger partial charge in [-0.3, -0.25) is 9.59 Å². The van der Waals surface area contributed by atoms with Gasteiger partial charge in [0, 0.05) is 37.8 Å². The zero-order valence-electron chi connectivity index (χ0n) is 16.5. The first-order valence-corrected chi connectivity index (χ1v) is 9.57. The first-order chi connectivity index (χ1) is 12.4. The molecule has 0 unspecified atom stereocenters. The van der Waals surface area contributed by atoms with Crippen LogP contribution in [0.1, 0.15) is 48.8 Å². The molecule has 0 radical (unpaired) electrons. The van der Waals surface area contributed by atoms with Crippen LogP contribution in [0.25, 0.3) is 0 Å². The molecule has 0 aromatic heterocycles. The second-order valence-corrected chi connectivity index (χ2v) is 7.45. The summed E-state index contributed by atoms with van der Waals surface area (Å²) in [5.41, 5.74) is 4.33. The normalized spacial score (nSPS) is 19.8. The van der Waals surface area contributed by atoms with Gasteiger partial charge in [0.2, 0.25) is 11.8 Å². The third-order valence-corrected chi connectivity index (χ3v) is 5.22. The Kier molecular flexibility index (Phi) is 7.64. The average molecular weight is 360 g/mol. The minimum Gasteiger partial charge on any atom is -0.385 e. The van der Waals surface area contributed by atoms with E-state index in [2.05, 4.69) is 29.7 Å². The zero-order valence-corrected chi connectivity index (χ0v) is 16.5. The highest BCUT2D eigenvalue weighted by atomic mass is 16.5. The summed E-state index contributed by atoms with van der Waals surface area (Å²) in [5, 5.41) is 6.09. The lowest BCUT2D eigenvalue weighted by atomic mass is 9.81. The van der Waals surface area contributed by atoms with Crippen molar-refractivity contribution in [1.29, 1.82) is 0 Å². The van der Waals surface area contributed by atoms with Gasteiger partial charge >= 0.3 is 0 Å². The molecule has 26 heavy (non-hydrogen) atoms. The van der Waals surface area contributed by atoms with Gasteiger partial charge in [0.05, 0.1) is 0 Å². The lowest BCUT2D eigenvalue weighted by Gasteiger charge is -2.27. The SMILES string of the molecule is COCCCNC(=O)C1CCC(C(=O)Nc2c(C)cc(C)cc2C)CC1. The Hall–Kier alpha value is -1.88. The number of amides is 2. The number of benzene rings is 1. The lowest BCUT2D eigenvalue weighted by molar-refractivity contribution is -0.128. The van der Waals surface area contributed by atoms with Crippen molar-refractivity contribution in [3.05, 3.63) is 28.8 Å². The molecule has 1 aromatic carbocycles. The zero-order chi connectivity index (χ0) is 19.1. The highest BCUT2D eigenvalue weighted by Gasteiger charge is 2.30. The van der Waals surface area contributed by atoms with Crippen molar-refractivity contribution in [1.82, 2.24) is 5.32 Å². The van der Waals surface area contributed by atoms with Crippen LogP contribution < -0.4 is 10.6 Å². The van der Waals surface area contributed by atoms with Gasteiger partial charge < -0.3 is 15.4 Å². The Morgan fingerprint density at radius 2 is 1.54 bits per heavy atom. The van der Waals surface area contributed by atoms with Crippen LogP contribution in [0.2, 0.25) is 0 Å². The Morgan fingerprint density at radius 3 is 2.08 bits per heavy atom. The van der Waals surface area contributed by atoms with Crippen LogP contribution in [0.15, 0.2) is 12.1 Å². The minimum absolute atomic E-state index is 0.00681. The summed E-state index contributed by atoms with van der Waals surface area (Å²) in [5.74, 6) is 0.223. The van der Waals surface area contributed by atoms with E-state index in [1.165, 1.54) is 5.56 Å². The fourth-order valence-electron chi connectivity index (χ4n) is 3.79. The monoisotopic (exact) mass is 360 g/mol. The first kappa shape index (κ1) is 20.4. The van der Waals surface area contributed by atoms with E-state index in [-0.39, 0.29) is 23.7 Å². The Bertz CT molecular complexity index is 611. The number of aryl methyl sites for hydroxylation is 3. The molecule has 1 aromatic rings. The molecule has 0 bridgehead atoms. The summed E-state index contributed by atoms with van der Waals surface area (Å²) in [6.45, 7) is 7.43.